The molecule has 1 aromatic carbocycles. The van der Waals surface area contributed by atoms with Crippen LogP contribution in [-0.2, 0) is 11.2 Å². The van der Waals surface area contributed by atoms with E-state index in [9.17, 15) is 4.79 Å². The molecule has 0 aromatic heterocycles. The molecule has 14 heavy (non-hydrogen) atoms. The predicted octanol–water partition coefficient (Wildman–Crippen LogP) is 2.10. The van der Waals surface area contributed by atoms with Crippen LogP contribution in [0.3, 0.4) is 0 Å². The molecule has 2 heteroatoms. The molecule has 0 aliphatic heterocycles. The number of nitrogens with zero attached hydrogens (tertiary/aromatic N) is 1. The molecule has 0 aliphatic carbocycles. The van der Waals surface area contributed by atoms with E-state index in [1.807, 2.05) is 25.2 Å². The van der Waals surface area contributed by atoms with Crippen molar-refractivity contribution in [3.8, 4) is 0 Å². The lowest BCUT2D eigenvalue weighted by Crippen LogP contribution is -2.25. The smallest absolute Gasteiger partial charge is 0.219 e. The van der Waals surface area contributed by atoms with Crippen molar-refractivity contribution in [3.63, 3.8) is 0 Å². The Kier molecular flexibility index (Phi) is 4.17. The van der Waals surface area contributed by atoms with E-state index in [-0.39, 0.29) is 5.91 Å². The maximum absolute atomic E-state index is 10.9. The molecule has 0 bridgehead atoms. The van der Waals surface area contributed by atoms with Crippen LogP contribution in [0.4, 0.5) is 0 Å². The van der Waals surface area contributed by atoms with Crippen LogP contribution in [0.25, 0.3) is 0 Å². The second kappa shape index (κ2) is 5.43. The van der Waals surface area contributed by atoms with E-state index < -0.39 is 0 Å². The first-order chi connectivity index (χ1) is 6.70. The summed E-state index contributed by atoms with van der Waals surface area (Å²) in [6.45, 7) is 2.44. The van der Waals surface area contributed by atoms with Crippen molar-refractivity contribution in [1.29, 1.82) is 0 Å². The topological polar surface area (TPSA) is 20.3 Å². The van der Waals surface area contributed by atoms with Crippen LogP contribution in [0.5, 0.6) is 0 Å². The number of amides is 1. The van der Waals surface area contributed by atoms with Crippen molar-refractivity contribution >= 4 is 5.91 Å². The molecule has 0 fully saturated rings. The summed E-state index contributed by atoms with van der Waals surface area (Å²) in [5.41, 5.74) is 1.34. The van der Waals surface area contributed by atoms with Gasteiger partial charge in [0.05, 0.1) is 0 Å². The van der Waals surface area contributed by atoms with Crippen LogP contribution in [0.15, 0.2) is 30.3 Å². The summed E-state index contributed by atoms with van der Waals surface area (Å²) in [6, 6.07) is 10.3. The van der Waals surface area contributed by atoms with Gasteiger partial charge in [-0.25, -0.2) is 0 Å². The van der Waals surface area contributed by atoms with Crippen LogP contribution in [0.2, 0.25) is 0 Å². The molecule has 0 unspecified atom stereocenters. The van der Waals surface area contributed by atoms with Gasteiger partial charge in [-0.15, -0.1) is 0 Å². The van der Waals surface area contributed by atoms with E-state index in [2.05, 4.69) is 12.1 Å². The highest BCUT2D eigenvalue weighted by molar-refractivity contribution is 5.72. The summed E-state index contributed by atoms with van der Waals surface area (Å²) in [4.78, 5) is 12.7. The molecule has 0 saturated heterocycles. The summed E-state index contributed by atoms with van der Waals surface area (Å²) in [5, 5.41) is 0. The molecule has 0 heterocycles. The van der Waals surface area contributed by atoms with Gasteiger partial charge in [-0.05, 0) is 18.4 Å². The van der Waals surface area contributed by atoms with E-state index >= 15 is 0 Å². The Labute approximate surface area is 85.5 Å². The van der Waals surface area contributed by atoms with E-state index in [1.165, 1.54) is 5.56 Å². The summed E-state index contributed by atoms with van der Waals surface area (Å²) < 4.78 is 0. The zero-order chi connectivity index (χ0) is 10.4. The van der Waals surface area contributed by atoms with Crippen LogP contribution in [0, 0.1) is 0 Å². The summed E-state index contributed by atoms with van der Waals surface area (Å²) in [5.74, 6) is 0.137. The average molecular weight is 191 g/mol. The van der Waals surface area contributed by atoms with Crippen LogP contribution in [-0.4, -0.2) is 24.4 Å². The predicted molar refractivity (Wildman–Crippen MR) is 58.1 cm³/mol. The monoisotopic (exact) mass is 191 g/mol. The van der Waals surface area contributed by atoms with Crippen LogP contribution in [0.1, 0.15) is 18.9 Å². The summed E-state index contributed by atoms with van der Waals surface area (Å²) in [7, 11) is 1.84. The zero-order valence-electron chi connectivity index (χ0n) is 8.86. The number of carbonyl (C=O) groups excluding carboxylic acids is 1. The van der Waals surface area contributed by atoms with Gasteiger partial charge in [0.15, 0.2) is 0 Å². The Hall–Kier alpha value is -1.31. The Bertz CT molecular complexity index is 282. The maximum Gasteiger partial charge on any atom is 0.219 e. The minimum atomic E-state index is 0.137. The number of hydrogen-bond acceptors (Lipinski definition) is 1. The highest BCUT2D eigenvalue weighted by Gasteiger charge is 2.00. The minimum Gasteiger partial charge on any atom is -0.346 e. The third kappa shape index (κ3) is 3.60. The molecule has 0 aliphatic rings. The molecule has 0 N–H and O–H groups in total. The Morgan fingerprint density at radius 2 is 1.93 bits per heavy atom. The molecule has 0 spiro atoms. The lowest BCUT2D eigenvalue weighted by Gasteiger charge is -2.14. The molecule has 76 valence electrons. The lowest BCUT2D eigenvalue weighted by molar-refractivity contribution is -0.127. The normalized spacial score (nSPS) is 9.86. The van der Waals surface area contributed by atoms with Crippen molar-refractivity contribution in [3.05, 3.63) is 35.9 Å². The van der Waals surface area contributed by atoms with Crippen molar-refractivity contribution in [1.82, 2.24) is 4.90 Å². The van der Waals surface area contributed by atoms with Crippen LogP contribution < -0.4 is 0 Å². The van der Waals surface area contributed by atoms with Gasteiger partial charge >= 0.3 is 0 Å². The van der Waals surface area contributed by atoms with Gasteiger partial charge in [0.25, 0.3) is 0 Å². The second-order valence-corrected chi connectivity index (χ2v) is 3.53. The van der Waals surface area contributed by atoms with Gasteiger partial charge in [0.1, 0.15) is 0 Å². The molecule has 1 rings (SSSR count). The maximum atomic E-state index is 10.9. The van der Waals surface area contributed by atoms with Crippen molar-refractivity contribution in [2.75, 3.05) is 13.6 Å². The lowest BCUT2D eigenvalue weighted by atomic mass is 10.1. The number of aryl methyl sites for hydroxylation is 1. The fourth-order valence-electron chi connectivity index (χ4n) is 1.32. The largest absolute Gasteiger partial charge is 0.346 e. The Balaban J connectivity index is 2.26. The molecule has 1 aromatic rings. The number of hydrogen-bond donors (Lipinski definition) is 0. The van der Waals surface area contributed by atoms with E-state index in [0.717, 1.165) is 19.4 Å². The molecule has 2 nitrogen and oxygen atoms in total. The number of rotatable bonds is 4. The molecule has 1 amide bonds. The molecular weight excluding hydrogens is 174 g/mol. The van der Waals surface area contributed by atoms with E-state index in [0.29, 0.717) is 0 Å². The first-order valence-corrected chi connectivity index (χ1v) is 4.96. The Morgan fingerprint density at radius 3 is 2.50 bits per heavy atom. The van der Waals surface area contributed by atoms with Gasteiger partial charge in [-0.2, -0.15) is 0 Å². The molecule has 0 radical (unpaired) electrons. The van der Waals surface area contributed by atoms with Crippen LogP contribution >= 0.6 is 0 Å². The second-order valence-electron chi connectivity index (χ2n) is 3.53. The first-order valence-electron chi connectivity index (χ1n) is 4.96. The minimum absolute atomic E-state index is 0.137. The van der Waals surface area contributed by atoms with Gasteiger partial charge in [0, 0.05) is 20.5 Å². The third-order valence-electron chi connectivity index (χ3n) is 2.34. The third-order valence-corrected chi connectivity index (χ3v) is 2.34. The quantitative estimate of drug-likeness (QED) is 0.713. The van der Waals surface area contributed by atoms with E-state index in [4.69, 9.17) is 0 Å². The number of carbonyl (C=O) groups is 1. The van der Waals surface area contributed by atoms with Gasteiger partial charge < -0.3 is 4.90 Å². The fraction of sp³-hybridized carbons (Fsp3) is 0.417. The van der Waals surface area contributed by atoms with Crippen molar-refractivity contribution < 1.29 is 4.79 Å². The standard InChI is InChI=1S/C12H17NO/c1-11(14)13(2)10-6-9-12-7-4-3-5-8-12/h3-5,7-8H,6,9-10H2,1-2H3. The van der Waals surface area contributed by atoms with Crippen molar-refractivity contribution in [2.45, 2.75) is 19.8 Å². The Morgan fingerprint density at radius 1 is 1.29 bits per heavy atom. The molecular formula is C12H17NO. The van der Waals surface area contributed by atoms with Gasteiger partial charge in [0.2, 0.25) is 5.91 Å². The SMILES string of the molecule is CC(=O)N(C)CCCc1ccccc1. The van der Waals surface area contributed by atoms with Crippen molar-refractivity contribution in [2.24, 2.45) is 0 Å². The zero-order valence-corrected chi connectivity index (χ0v) is 8.86. The average Bonchev–Trinajstić information content (AvgIpc) is 2.19. The first kappa shape index (κ1) is 10.8. The van der Waals surface area contributed by atoms with Gasteiger partial charge in [-0.1, -0.05) is 30.3 Å². The molecule has 0 atom stereocenters. The number of benzene rings is 1. The fourth-order valence-corrected chi connectivity index (χ4v) is 1.32. The highest BCUT2D eigenvalue weighted by atomic mass is 16.2. The molecule has 0 saturated carbocycles. The highest BCUT2D eigenvalue weighted by Crippen LogP contribution is 2.02. The van der Waals surface area contributed by atoms with Gasteiger partial charge in [-0.3, -0.25) is 4.79 Å². The summed E-state index contributed by atoms with van der Waals surface area (Å²) >= 11 is 0. The van der Waals surface area contributed by atoms with E-state index in [1.54, 1.807) is 11.8 Å². The summed E-state index contributed by atoms with van der Waals surface area (Å²) in [6.07, 6.45) is 2.07.